The molecule has 3 rings (SSSR count). The van der Waals surface area contributed by atoms with E-state index < -0.39 is 0 Å². The van der Waals surface area contributed by atoms with E-state index in [2.05, 4.69) is 10.4 Å². The van der Waals surface area contributed by atoms with Crippen LogP contribution in [-0.2, 0) is 4.79 Å². The van der Waals surface area contributed by atoms with Gasteiger partial charge in [0.2, 0.25) is 11.0 Å². The minimum absolute atomic E-state index is 0.0641. The van der Waals surface area contributed by atoms with Crippen LogP contribution in [0.5, 0.6) is 0 Å². The Morgan fingerprint density at radius 3 is 3.00 bits per heavy atom. The van der Waals surface area contributed by atoms with Gasteiger partial charge in [0.25, 0.3) is 0 Å². The van der Waals surface area contributed by atoms with Gasteiger partial charge in [-0.2, -0.15) is 0 Å². The van der Waals surface area contributed by atoms with Gasteiger partial charge >= 0.3 is 0 Å². The number of hydrogen-bond donors (Lipinski definition) is 1. The summed E-state index contributed by atoms with van der Waals surface area (Å²) in [7, 11) is 0. The summed E-state index contributed by atoms with van der Waals surface area (Å²) in [5.41, 5.74) is 3.76. The van der Waals surface area contributed by atoms with Gasteiger partial charge in [0.1, 0.15) is 0 Å². The van der Waals surface area contributed by atoms with E-state index in [1.807, 2.05) is 29.3 Å². The fourth-order valence-corrected chi connectivity index (χ4v) is 2.55. The van der Waals surface area contributed by atoms with E-state index in [-0.39, 0.29) is 5.91 Å². The number of thiazole rings is 1. The zero-order valence-corrected chi connectivity index (χ0v) is 8.75. The molecule has 0 spiro atoms. The Bertz CT molecular complexity index is 489. The van der Waals surface area contributed by atoms with E-state index in [4.69, 9.17) is 0 Å². The van der Waals surface area contributed by atoms with Gasteiger partial charge < -0.3 is 0 Å². The molecule has 0 aliphatic carbocycles. The summed E-state index contributed by atoms with van der Waals surface area (Å²) in [4.78, 5) is 15.5. The number of amides is 1. The summed E-state index contributed by atoms with van der Waals surface area (Å²) in [6.45, 7) is 0.707. The van der Waals surface area contributed by atoms with Crippen molar-refractivity contribution in [3.8, 4) is 0 Å². The third-order valence-corrected chi connectivity index (χ3v) is 3.40. The van der Waals surface area contributed by atoms with E-state index in [0.29, 0.717) is 13.0 Å². The van der Waals surface area contributed by atoms with Crippen LogP contribution >= 0.6 is 11.3 Å². The van der Waals surface area contributed by atoms with Crippen molar-refractivity contribution in [2.75, 3.05) is 11.6 Å². The van der Waals surface area contributed by atoms with Gasteiger partial charge in [-0.3, -0.25) is 15.2 Å². The molecule has 0 unspecified atom stereocenters. The molecular formula is C10H9N3OS. The highest BCUT2D eigenvalue weighted by Crippen LogP contribution is 2.28. The number of fused-ring (bicyclic) bond motifs is 1. The molecule has 76 valence electrons. The number of hydrazine groups is 1. The van der Waals surface area contributed by atoms with Crippen LogP contribution in [0.25, 0.3) is 10.2 Å². The quantitative estimate of drug-likeness (QED) is 0.791. The third kappa shape index (κ3) is 1.45. The molecule has 0 saturated carbocycles. The van der Waals surface area contributed by atoms with Crippen molar-refractivity contribution in [1.29, 1.82) is 0 Å². The highest BCUT2D eigenvalue weighted by atomic mass is 32.1. The number of para-hydroxylation sites is 1. The lowest BCUT2D eigenvalue weighted by molar-refractivity contribution is -0.119. The number of carbonyl (C=O) groups is 1. The molecule has 1 fully saturated rings. The van der Waals surface area contributed by atoms with Gasteiger partial charge in [0.05, 0.1) is 16.8 Å². The lowest BCUT2D eigenvalue weighted by atomic mass is 10.3. The van der Waals surface area contributed by atoms with Crippen LogP contribution in [0.1, 0.15) is 6.42 Å². The van der Waals surface area contributed by atoms with Crippen LogP contribution in [-0.4, -0.2) is 17.4 Å². The lowest BCUT2D eigenvalue weighted by Gasteiger charge is -2.11. The molecule has 2 heterocycles. The Balaban J connectivity index is 2.01. The Hall–Kier alpha value is -1.62. The van der Waals surface area contributed by atoms with Crippen molar-refractivity contribution in [1.82, 2.24) is 10.4 Å². The maximum absolute atomic E-state index is 11.1. The molecule has 1 aliphatic heterocycles. The number of nitrogens with zero attached hydrogens (tertiary/aromatic N) is 2. The number of nitrogens with one attached hydrogen (secondary N) is 1. The van der Waals surface area contributed by atoms with Gasteiger partial charge in [-0.15, -0.1) is 0 Å². The first-order valence-electron chi connectivity index (χ1n) is 4.75. The van der Waals surface area contributed by atoms with Crippen LogP contribution in [0.2, 0.25) is 0 Å². The maximum Gasteiger partial charge on any atom is 0.240 e. The van der Waals surface area contributed by atoms with E-state index in [1.165, 1.54) is 0 Å². The molecule has 0 bridgehead atoms. The first-order chi connectivity index (χ1) is 7.33. The predicted molar refractivity (Wildman–Crippen MR) is 59.7 cm³/mol. The summed E-state index contributed by atoms with van der Waals surface area (Å²) in [6.07, 6.45) is 0.552. The first-order valence-corrected chi connectivity index (χ1v) is 5.57. The van der Waals surface area contributed by atoms with E-state index in [9.17, 15) is 4.79 Å². The molecule has 15 heavy (non-hydrogen) atoms. The minimum Gasteiger partial charge on any atom is -0.273 e. The van der Waals surface area contributed by atoms with Crippen LogP contribution in [0, 0.1) is 0 Å². The number of rotatable bonds is 1. The molecule has 5 heteroatoms. The summed E-state index contributed by atoms with van der Waals surface area (Å²) < 4.78 is 1.15. The lowest BCUT2D eigenvalue weighted by Crippen LogP contribution is -2.32. The second-order valence-corrected chi connectivity index (χ2v) is 4.41. The predicted octanol–water partition coefficient (Wildman–Crippen LogP) is 1.54. The van der Waals surface area contributed by atoms with Crippen LogP contribution in [0.4, 0.5) is 5.13 Å². The first kappa shape index (κ1) is 8.67. The molecule has 4 nitrogen and oxygen atoms in total. The van der Waals surface area contributed by atoms with Gasteiger partial charge in [0, 0.05) is 6.42 Å². The van der Waals surface area contributed by atoms with Gasteiger partial charge in [0.15, 0.2) is 0 Å². The fraction of sp³-hybridized carbons (Fsp3) is 0.200. The second-order valence-electron chi connectivity index (χ2n) is 3.40. The van der Waals surface area contributed by atoms with Crippen molar-refractivity contribution in [3.05, 3.63) is 24.3 Å². The molecule has 1 N–H and O–H groups in total. The summed E-state index contributed by atoms with van der Waals surface area (Å²) in [5, 5.41) is 2.68. The molecule has 1 saturated heterocycles. The highest BCUT2D eigenvalue weighted by molar-refractivity contribution is 7.22. The van der Waals surface area contributed by atoms with Crippen molar-refractivity contribution in [2.45, 2.75) is 6.42 Å². The molecule has 0 atom stereocenters. The van der Waals surface area contributed by atoms with Crippen molar-refractivity contribution in [3.63, 3.8) is 0 Å². The molecule has 1 aliphatic rings. The smallest absolute Gasteiger partial charge is 0.240 e. The zero-order chi connectivity index (χ0) is 10.3. The van der Waals surface area contributed by atoms with Gasteiger partial charge in [-0.1, -0.05) is 23.5 Å². The number of carbonyl (C=O) groups excluding carboxylic acids is 1. The summed E-state index contributed by atoms with van der Waals surface area (Å²) >= 11 is 1.60. The van der Waals surface area contributed by atoms with Gasteiger partial charge in [-0.05, 0) is 12.1 Å². The number of hydrogen-bond acceptors (Lipinski definition) is 4. The van der Waals surface area contributed by atoms with Crippen molar-refractivity contribution < 1.29 is 4.79 Å². The number of aromatic nitrogens is 1. The largest absolute Gasteiger partial charge is 0.273 e. The molecular weight excluding hydrogens is 210 g/mol. The topological polar surface area (TPSA) is 45.2 Å². The SMILES string of the molecule is O=C1CCN(c2nc3ccccc3s2)N1. The Labute approximate surface area is 90.5 Å². The average Bonchev–Trinajstić information content (AvgIpc) is 2.82. The molecule has 0 radical (unpaired) electrons. The number of benzene rings is 1. The van der Waals surface area contributed by atoms with E-state index in [1.54, 1.807) is 11.3 Å². The highest BCUT2D eigenvalue weighted by Gasteiger charge is 2.21. The molecule has 2 aromatic rings. The van der Waals surface area contributed by atoms with Crippen LogP contribution < -0.4 is 10.4 Å². The van der Waals surface area contributed by atoms with Crippen LogP contribution in [0.15, 0.2) is 24.3 Å². The number of anilines is 1. The molecule has 1 aromatic heterocycles. The fourth-order valence-electron chi connectivity index (χ4n) is 1.59. The normalized spacial score (nSPS) is 16.0. The molecule has 1 aromatic carbocycles. The minimum atomic E-state index is 0.0641. The van der Waals surface area contributed by atoms with E-state index in [0.717, 1.165) is 15.3 Å². The summed E-state index contributed by atoms with van der Waals surface area (Å²) in [6, 6.07) is 7.98. The Morgan fingerprint density at radius 1 is 1.40 bits per heavy atom. The average molecular weight is 219 g/mol. The van der Waals surface area contributed by atoms with Gasteiger partial charge in [-0.25, -0.2) is 4.98 Å². The summed E-state index contributed by atoms with van der Waals surface area (Å²) in [5.74, 6) is 0.0641. The second kappa shape index (κ2) is 3.20. The zero-order valence-electron chi connectivity index (χ0n) is 7.93. The third-order valence-electron chi connectivity index (χ3n) is 2.34. The standard InChI is InChI=1S/C10H9N3OS/c14-9-5-6-13(12-9)10-11-7-3-1-2-4-8(7)15-10/h1-4H,5-6H2,(H,12,14). The van der Waals surface area contributed by atoms with E-state index >= 15 is 0 Å². The monoisotopic (exact) mass is 219 g/mol. The van der Waals surface area contributed by atoms with Crippen molar-refractivity contribution in [2.24, 2.45) is 0 Å². The maximum atomic E-state index is 11.1. The Morgan fingerprint density at radius 2 is 2.27 bits per heavy atom. The van der Waals surface area contributed by atoms with Crippen molar-refractivity contribution >= 4 is 32.6 Å². The van der Waals surface area contributed by atoms with Crippen LogP contribution in [0.3, 0.4) is 0 Å². The Kier molecular flexibility index (Phi) is 1.85. The molecule has 1 amide bonds.